The summed E-state index contributed by atoms with van der Waals surface area (Å²) in [7, 11) is 0. The van der Waals surface area contributed by atoms with Crippen LogP contribution in [-0.4, -0.2) is 30.7 Å². The van der Waals surface area contributed by atoms with E-state index in [1.165, 1.54) is 11.1 Å². The number of nitrogens with one attached hydrogen (secondary N) is 2. The molecule has 0 aliphatic carbocycles. The standard InChI is InChI=1S/C16H24N2O2/c1-2-12(6-8-19)10-18-16(20)14-4-3-13-5-7-17-11-15(13)9-14/h3-4,9,12,17,19H,2,5-8,10-11H2,1H3,(H,18,20). The van der Waals surface area contributed by atoms with Gasteiger partial charge in [-0.3, -0.25) is 4.79 Å². The molecule has 4 nitrogen and oxygen atoms in total. The lowest BCUT2D eigenvalue weighted by Gasteiger charge is -2.18. The molecule has 0 radical (unpaired) electrons. The number of carbonyl (C=O) groups is 1. The molecule has 0 saturated heterocycles. The number of hydrogen-bond donors (Lipinski definition) is 3. The predicted octanol–water partition coefficient (Wildman–Crippen LogP) is 1.47. The molecule has 0 saturated carbocycles. The average Bonchev–Trinajstić information content (AvgIpc) is 2.50. The first-order chi connectivity index (χ1) is 9.74. The summed E-state index contributed by atoms with van der Waals surface area (Å²) in [5, 5.41) is 15.3. The van der Waals surface area contributed by atoms with E-state index in [-0.39, 0.29) is 12.5 Å². The van der Waals surface area contributed by atoms with E-state index >= 15 is 0 Å². The Morgan fingerprint density at radius 2 is 2.30 bits per heavy atom. The number of amides is 1. The molecule has 1 aromatic rings. The average molecular weight is 276 g/mol. The van der Waals surface area contributed by atoms with Crippen LogP contribution in [0.4, 0.5) is 0 Å². The second-order valence-electron chi connectivity index (χ2n) is 5.41. The molecule has 0 fully saturated rings. The van der Waals surface area contributed by atoms with Gasteiger partial charge in [0.2, 0.25) is 0 Å². The van der Waals surface area contributed by atoms with E-state index in [2.05, 4.69) is 23.6 Å². The van der Waals surface area contributed by atoms with Gasteiger partial charge in [-0.1, -0.05) is 19.4 Å². The van der Waals surface area contributed by atoms with Crippen LogP contribution in [0.1, 0.15) is 41.3 Å². The molecule has 1 heterocycles. The summed E-state index contributed by atoms with van der Waals surface area (Å²) in [5.41, 5.74) is 3.30. The maximum atomic E-state index is 12.2. The van der Waals surface area contributed by atoms with Gasteiger partial charge in [-0.25, -0.2) is 0 Å². The van der Waals surface area contributed by atoms with Crippen LogP contribution in [0.5, 0.6) is 0 Å². The molecule has 1 aliphatic rings. The van der Waals surface area contributed by atoms with Crippen molar-refractivity contribution in [2.24, 2.45) is 5.92 Å². The first-order valence-electron chi connectivity index (χ1n) is 7.46. The van der Waals surface area contributed by atoms with Crippen molar-refractivity contribution < 1.29 is 9.90 Å². The van der Waals surface area contributed by atoms with Crippen LogP contribution in [-0.2, 0) is 13.0 Å². The molecular formula is C16H24N2O2. The van der Waals surface area contributed by atoms with Gasteiger partial charge in [-0.15, -0.1) is 0 Å². The van der Waals surface area contributed by atoms with Gasteiger partial charge >= 0.3 is 0 Å². The van der Waals surface area contributed by atoms with E-state index in [4.69, 9.17) is 5.11 Å². The van der Waals surface area contributed by atoms with Crippen molar-refractivity contribution in [1.82, 2.24) is 10.6 Å². The molecule has 0 bridgehead atoms. The Kier molecular flexibility index (Phi) is 5.56. The molecule has 110 valence electrons. The summed E-state index contributed by atoms with van der Waals surface area (Å²) in [4.78, 5) is 12.2. The quantitative estimate of drug-likeness (QED) is 0.737. The molecule has 1 amide bonds. The van der Waals surface area contributed by atoms with Crippen LogP contribution >= 0.6 is 0 Å². The Hall–Kier alpha value is -1.39. The van der Waals surface area contributed by atoms with Crippen LogP contribution in [0, 0.1) is 5.92 Å². The summed E-state index contributed by atoms with van der Waals surface area (Å²) in [6.45, 7) is 4.75. The fraction of sp³-hybridized carbons (Fsp3) is 0.562. The van der Waals surface area contributed by atoms with Crippen LogP contribution in [0.3, 0.4) is 0 Å². The van der Waals surface area contributed by atoms with Crippen molar-refractivity contribution in [2.75, 3.05) is 19.7 Å². The van der Waals surface area contributed by atoms with Crippen molar-refractivity contribution in [3.8, 4) is 0 Å². The van der Waals surface area contributed by atoms with E-state index in [1.54, 1.807) is 0 Å². The Balaban J connectivity index is 1.95. The lowest BCUT2D eigenvalue weighted by atomic mass is 9.98. The Bertz CT molecular complexity index is 460. The van der Waals surface area contributed by atoms with Gasteiger partial charge in [-0.05, 0) is 48.6 Å². The van der Waals surface area contributed by atoms with Crippen LogP contribution in [0.15, 0.2) is 18.2 Å². The van der Waals surface area contributed by atoms with E-state index in [0.29, 0.717) is 12.5 Å². The van der Waals surface area contributed by atoms with Gasteiger partial charge in [0.1, 0.15) is 0 Å². The van der Waals surface area contributed by atoms with E-state index < -0.39 is 0 Å². The van der Waals surface area contributed by atoms with E-state index in [1.807, 2.05) is 12.1 Å². The van der Waals surface area contributed by atoms with Crippen molar-refractivity contribution in [3.05, 3.63) is 34.9 Å². The third-order valence-electron chi connectivity index (χ3n) is 4.02. The highest BCUT2D eigenvalue weighted by atomic mass is 16.3. The summed E-state index contributed by atoms with van der Waals surface area (Å²) in [6, 6.07) is 5.96. The number of benzene rings is 1. The molecular weight excluding hydrogens is 252 g/mol. The van der Waals surface area contributed by atoms with E-state index in [9.17, 15) is 4.79 Å². The lowest BCUT2D eigenvalue weighted by Crippen LogP contribution is -2.30. The third kappa shape index (κ3) is 3.81. The Morgan fingerprint density at radius 3 is 3.05 bits per heavy atom. The van der Waals surface area contributed by atoms with Gasteiger partial charge in [0.15, 0.2) is 0 Å². The summed E-state index contributed by atoms with van der Waals surface area (Å²) < 4.78 is 0. The highest BCUT2D eigenvalue weighted by molar-refractivity contribution is 5.94. The first kappa shape index (κ1) is 15.0. The summed E-state index contributed by atoms with van der Waals surface area (Å²) in [5.74, 6) is 0.331. The zero-order valence-electron chi connectivity index (χ0n) is 12.1. The highest BCUT2D eigenvalue weighted by Gasteiger charge is 2.13. The van der Waals surface area contributed by atoms with Crippen LogP contribution in [0.25, 0.3) is 0 Å². The van der Waals surface area contributed by atoms with Crippen molar-refractivity contribution >= 4 is 5.91 Å². The number of carbonyl (C=O) groups excluding carboxylic acids is 1. The number of aliphatic hydroxyl groups is 1. The molecule has 1 atom stereocenters. The number of rotatable bonds is 6. The van der Waals surface area contributed by atoms with Crippen molar-refractivity contribution in [3.63, 3.8) is 0 Å². The maximum absolute atomic E-state index is 12.2. The maximum Gasteiger partial charge on any atom is 0.251 e. The Morgan fingerprint density at radius 1 is 1.45 bits per heavy atom. The second kappa shape index (κ2) is 7.41. The Labute approximate surface area is 120 Å². The van der Waals surface area contributed by atoms with Gasteiger partial charge in [0.25, 0.3) is 5.91 Å². The minimum absolute atomic E-state index is 0.0187. The smallest absolute Gasteiger partial charge is 0.251 e. The SMILES string of the molecule is CCC(CCO)CNC(=O)c1ccc2c(c1)CNCC2. The van der Waals surface area contributed by atoms with Gasteiger partial charge in [-0.2, -0.15) is 0 Å². The fourth-order valence-electron chi connectivity index (χ4n) is 2.59. The molecule has 4 heteroatoms. The molecule has 0 spiro atoms. The minimum Gasteiger partial charge on any atom is -0.396 e. The normalized spacial score (nSPS) is 15.5. The molecule has 1 aliphatic heterocycles. The minimum atomic E-state index is -0.0187. The highest BCUT2D eigenvalue weighted by Crippen LogP contribution is 2.16. The molecule has 0 aromatic heterocycles. The largest absolute Gasteiger partial charge is 0.396 e. The second-order valence-corrected chi connectivity index (χ2v) is 5.41. The van der Waals surface area contributed by atoms with Gasteiger partial charge < -0.3 is 15.7 Å². The van der Waals surface area contributed by atoms with Gasteiger partial charge in [0, 0.05) is 25.3 Å². The van der Waals surface area contributed by atoms with E-state index in [0.717, 1.165) is 37.9 Å². The van der Waals surface area contributed by atoms with Crippen LogP contribution < -0.4 is 10.6 Å². The molecule has 2 rings (SSSR count). The van der Waals surface area contributed by atoms with Crippen molar-refractivity contribution in [2.45, 2.75) is 32.7 Å². The number of fused-ring (bicyclic) bond motifs is 1. The molecule has 1 unspecified atom stereocenters. The monoisotopic (exact) mass is 276 g/mol. The molecule has 3 N–H and O–H groups in total. The summed E-state index contributed by atoms with van der Waals surface area (Å²) >= 11 is 0. The molecule has 1 aromatic carbocycles. The molecule has 20 heavy (non-hydrogen) atoms. The zero-order chi connectivity index (χ0) is 14.4. The third-order valence-corrected chi connectivity index (χ3v) is 4.02. The van der Waals surface area contributed by atoms with Gasteiger partial charge in [0.05, 0.1) is 0 Å². The first-order valence-corrected chi connectivity index (χ1v) is 7.46. The topological polar surface area (TPSA) is 61.4 Å². The number of hydrogen-bond acceptors (Lipinski definition) is 3. The lowest BCUT2D eigenvalue weighted by molar-refractivity contribution is 0.0943. The predicted molar refractivity (Wildman–Crippen MR) is 79.7 cm³/mol. The zero-order valence-corrected chi connectivity index (χ0v) is 12.1. The fourth-order valence-corrected chi connectivity index (χ4v) is 2.59. The van der Waals surface area contributed by atoms with Crippen molar-refractivity contribution in [1.29, 1.82) is 0 Å². The summed E-state index contributed by atoms with van der Waals surface area (Å²) in [6.07, 6.45) is 2.74. The van der Waals surface area contributed by atoms with Crippen LogP contribution in [0.2, 0.25) is 0 Å². The number of aliphatic hydroxyl groups excluding tert-OH is 1.